The molecule has 2 unspecified atom stereocenters. The lowest BCUT2D eigenvalue weighted by atomic mass is 9.89. The Bertz CT molecular complexity index is 2070. The van der Waals surface area contributed by atoms with Crippen LogP contribution in [0.15, 0.2) is 56.9 Å². The second-order valence-electron chi connectivity index (χ2n) is 13.0. The number of carboxylic acids is 1. The molecule has 2 fully saturated rings. The van der Waals surface area contributed by atoms with E-state index < -0.39 is 69.2 Å². The number of amides is 4. The van der Waals surface area contributed by atoms with E-state index >= 15 is 0 Å². The Morgan fingerprint density at radius 2 is 1.98 bits per heavy atom. The number of phenolic OH excluding ortho intramolecular Hbond substituents is 2. The van der Waals surface area contributed by atoms with E-state index in [2.05, 4.69) is 36.8 Å². The van der Waals surface area contributed by atoms with Crippen LogP contribution in [0.25, 0.3) is 0 Å². The van der Waals surface area contributed by atoms with Gasteiger partial charge in [-0.3, -0.25) is 39.8 Å². The molecule has 24 heteroatoms. The molecule has 0 spiro atoms. The van der Waals surface area contributed by atoms with Crippen molar-refractivity contribution in [3.8, 4) is 11.5 Å². The molecule has 0 radical (unpaired) electrons. The summed E-state index contributed by atoms with van der Waals surface area (Å²) < 4.78 is 0. The molecule has 4 aliphatic rings. The third-order valence-electron chi connectivity index (χ3n) is 8.53. The van der Waals surface area contributed by atoms with Crippen molar-refractivity contribution >= 4 is 81.0 Å². The molecular weight excluding hydrogens is 783 g/mol. The molecular formula is C31H35N11O10S3. The number of aliphatic carboxylic acids is 1. The number of hydrazine groups is 3. The predicted octanol–water partition coefficient (Wildman–Crippen LogP) is -0.597. The number of carbonyl (C=O) groups is 5. The fourth-order valence-electron chi connectivity index (χ4n) is 5.41. The molecule has 3 atom stereocenters. The number of nitrogens with zero attached hydrogens (tertiary/aromatic N) is 6. The van der Waals surface area contributed by atoms with Gasteiger partial charge in [0.15, 0.2) is 28.2 Å². The zero-order valence-electron chi connectivity index (χ0n) is 29.2. The molecule has 21 nitrogen and oxygen atoms in total. The van der Waals surface area contributed by atoms with Gasteiger partial charge in [0.05, 0.1) is 11.2 Å². The maximum absolute atomic E-state index is 13.6. The number of benzene rings is 1. The summed E-state index contributed by atoms with van der Waals surface area (Å²) >= 11 is 3.47. The lowest BCUT2D eigenvalue weighted by Gasteiger charge is -2.53. The highest BCUT2D eigenvalue weighted by atomic mass is 32.2. The van der Waals surface area contributed by atoms with E-state index in [-0.39, 0.29) is 41.2 Å². The van der Waals surface area contributed by atoms with Gasteiger partial charge in [0.1, 0.15) is 29.3 Å². The molecule has 1 aromatic carbocycles. The standard InChI is InChI=1S/C31H35N11O10S3/c1-14-6-20(42-19(33-14)8-40(13-43)39-42)54-11-31(28(50)51)10-41-25(48)22(26(41)55-12-31)35-24(47)21(16-9-53-29(32)34-16)38-52-30(2,3)27(49)37-36-23(46)15-4-5-17(44)18(45)7-15/h4-9,22,26,39,43-45H,10-13H2,1-3H3,(H2,32,34)(H,35,47)(H,36,46)(H,37,49)(H,50,51)/t22?,26-,31?/m1/s1. The van der Waals surface area contributed by atoms with Gasteiger partial charge in [-0.05, 0) is 45.0 Å². The van der Waals surface area contributed by atoms with E-state index in [0.29, 0.717) is 16.6 Å². The van der Waals surface area contributed by atoms with E-state index in [4.69, 9.17) is 10.6 Å². The van der Waals surface area contributed by atoms with Gasteiger partial charge in [-0.15, -0.1) is 40.4 Å². The van der Waals surface area contributed by atoms with E-state index in [9.17, 15) is 44.4 Å². The molecule has 0 saturated carbocycles. The fourth-order valence-corrected chi connectivity index (χ4v) is 8.89. The first kappa shape index (κ1) is 39.1. The highest BCUT2D eigenvalue weighted by molar-refractivity contribution is 8.03. The number of phenols is 2. The number of aliphatic hydroxyl groups excluding tert-OH is 1. The summed E-state index contributed by atoms with van der Waals surface area (Å²) in [7, 11) is 0. The van der Waals surface area contributed by atoms with Crippen LogP contribution in [0, 0.1) is 5.41 Å². The number of aliphatic imine (C=N–C) groups is 1. The van der Waals surface area contributed by atoms with Crippen molar-refractivity contribution < 1.29 is 49.2 Å². The Morgan fingerprint density at radius 3 is 2.65 bits per heavy atom. The van der Waals surface area contributed by atoms with Crippen LogP contribution in [0.4, 0.5) is 5.13 Å². The van der Waals surface area contributed by atoms with Gasteiger partial charge in [-0.1, -0.05) is 5.16 Å². The Hall–Kier alpha value is -5.56. The number of aliphatic hydroxyl groups is 1. The number of carboxylic acid groups (broad SMARTS) is 1. The van der Waals surface area contributed by atoms with E-state index in [1.54, 1.807) is 24.2 Å². The molecule has 5 heterocycles. The van der Waals surface area contributed by atoms with Crippen molar-refractivity contribution in [2.45, 2.75) is 37.8 Å². The highest BCUT2D eigenvalue weighted by Crippen LogP contribution is 2.45. The first-order valence-electron chi connectivity index (χ1n) is 16.1. The van der Waals surface area contributed by atoms with Gasteiger partial charge in [0.25, 0.3) is 17.7 Å². The number of fused-ring (bicyclic) bond motifs is 2. The van der Waals surface area contributed by atoms with Crippen molar-refractivity contribution in [1.82, 2.24) is 41.6 Å². The summed E-state index contributed by atoms with van der Waals surface area (Å²) in [6, 6.07) is 2.25. The SMILES string of the molecule is CC1=NC2=CN(CO)NN2C(SCC2(C(=O)O)CS[C@@H]3C(NC(=O)C(=NOC(C)(C)C(=O)NNC(=O)c4ccc(O)c(O)c4)c4csc(N)n4)C(=O)N3C2)=C1. The minimum atomic E-state index is -1.79. The second-order valence-corrected chi connectivity index (χ2v) is 16.0. The first-order valence-corrected chi connectivity index (χ1v) is 19.1. The number of hydrogen-bond donors (Lipinski definition) is 9. The molecule has 4 amide bonds. The normalized spacial score (nSPS) is 22.0. The summed E-state index contributed by atoms with van der Waals surface area (Å²) in [4.78, 5) is 80.6. The number of nitrogens with one attached hydrogen (secondary N) is 4. The van der Waals surface area contributed by atoms with E-state index in [1.165, 1.54) is 58.7 Å². The number of allylic oxidation sites excluding steroid dienone is 1. The molecule has 292 valence electrons. The maximum atomic E-state index is 13.6. The molecule has 4 aliphatic heterocycles. The Morgan fingerprint density at radius 1 is 1.22 bits per heavy atom. The quantitative estimate of drug-likeness (QED) is 0.0559. The van der Waals surface area contributed by atoms with Crippen molar-refractivity contribution in [3.63, 3.8) is 0 Å². The van der Waals surface area contributed by atoms with Crippen LogP contribution >= 0.6 is 34.9 Å². The lowest BCUT2D eigenvalue weighted by Crippen LogP contribution is -2.74. The van der Waals surface area contributed by atoms with Crippen LogP contribution in [-0.2, 0) is 24.0 Å². The second kappa shape index (κ2) is 15.3. The minimum absolute atomic E-state index is 0.0107. The number of anilines is 1. The maximum Gasteiger partial charge on any atom is 0.313 e. The van der Waals surface area contributed by atoms with Crippen molar-refractivity contribution in [1.29, 1.82) is 0 Å². The van der Waals surface area contributed by atoms with Crippen LogP contribution in [0.5, 0.6) is 11.5 Å². The number of rotatable bonds is 12. The van der Waals surface area contributed by atoms with Crippen LogP contribution in [0.1, 0.15) is 36.8 Å². The number of aromatic nitrogens is 1. The summed E-state index contributed by atoms with van der Waals surface area (Å²) in [5.74, 6) is -4.44. The van der Waals surface area contributed by atoms with Crippen molar-refractivity contribution in [3.05, 3.63) is 58.0 Å². The number of hydrogen-bond acceptors (Lipinski definition) is 19. The third kappa shape index (κ3) is 7.98. The molecule has 1 aromatic heterocycles. The minimum Gasteiger partial charge on any atom is -0.504 e. The van der Waals surface area contributed by atoms with Gasteiger partial charge in [-0.2, -0.15) is 0 Å². The number of thioether (sulfide) groups is 2. The number of thiazole rings is 1. The third-order valence-corrected chi connectivity index (χ3v) is 12.1. The van der Waals surface area contributed by atoms with Crippen molar-refractivity contribution in [2.75, 3.05) is 30.5 Å². The molecule has 10 N–H and O–H groups in total. The number of carbonyl (C=O) groups excluding carboxylic acids is 4. The topological polar surface area (TPSA) is 297 Å². The number of aromatic hydroxyl groups is 2. The number of β-lactam (4-membered cyclic amide) rings is 1. The molecule has 0 aliphatic carbocycles. The van der Waals surface area contributed by atoms with Gasteiger partial charge < -0.3 is 41.2 Å². The summed E-state index contributed by atoms with van der Waals surface area (Å²) in [6.45, 7) is 3.97. The van der Waals surface area contributed by atoms with Crippen LogP contribution in [-0.4, -0.2) is 123 Å². The summed E-state index contributed by atoms with van der Waals surface area (Å²) in [5, 5.41) is 50.2. The molecule has 55 heavy (non-hydrogen) atoms. The van der Waals surface area contributed by atoms with Crippen LogP contribution in [0.2, 0.25) is 0 Å². The smallest absolute Gasteiger partial charge is 0.313 e. The van der Waals surface area contributed by atoms with Gasteiger partial charge in [0.2, 0.25) is 11.5 Å². The largest absolute Gasteiger partial charge is 0.504 e. The van der Waals surface area contributed by atoms with Crippen LogP contribution < -0.4 is 27.4 Å². The molecule has 2 saturated heterocycles. The van der Waals surface area contributed by atoms with Crippen LogP contribution in [0.3, 0.4) is 0 Å². The zero-order valence-corrected chi connectivity index (χ0v) is 31.6. The van der Waals surface area contributed by atoms with Gasteiger partial charge in [-0.25, -0.2) is 15.0 Å². The zero-order chi connectivity index (χ0) is 39.8. The monoisotopic (exact) mass is 817 g/mol. The Kier molecular flexibility index (Phi) is 10.9. The van der Waals surface area contributed by atoms with E-state index in [1.807, 2.05) is 0 Å². The first-order chi connectivity index (χ1) is 26.0. The fraction of sp³-hybridized carbons (Fsp3) is 0.355. The molecule has 0 bridgehead atoms. The predicted molar refractivity (Wildman–Crippen MR) is 199 cm³/mol. The summed E-state index contributed by atoms with van der Waals surface area (Å²) in [6.07, 6.45) is 3.39. The number of oxime groups is 1. The number of nitrogen functional groups attached to an aromatic ring is 1. The van der Waals surface area contributed by atoms with Crippen molar-refractivity contribution in [2.24, 2.45) is 15.6 Å². The van der Waals surface area contributed by atoms with Gasteiger partial charge in [0, 0.05) is 34.7 Å². The Balaban J connectivity index is 1.09. The Labute approximate surface area is 324 Å². The average Bonchev–Trinajstić information content (AvgIpc) is 3.78. The van der Waals surface area contributed by atoms with Gasteiger partial charge >= 0.3 is 5.97 Å². The average molecular weight is 818 g/mol. The van der Waals surface area contributed by atoms with E-state index in [0.717, 1.165) is 23.5 Å². The summed E-state index contributed by atoms with van der Waals surface area (Å²) in [5.41, 5.74) is 10.1. The lowest BCUT2D eigenvalue weighted by molar-refractivity contribution is -0.157. The molecule has 2 aromatic rings. The number of nitrogens with two attached hydrogens (primary N) is 1. The molecule has 6 rings (SSSR count). The highest BCUT2D eigenvalue weighted by Gasteiger charge is 2.58.